The monoisotopic (exact) mass is 810 g/mol. The van der Waals surface area contributed by atoms with Gasteiger partial charge < -0.3 is 18.1 Å². The van der Waals surface area contributed by atoms with Gasteiger partial charge in [-0.3, -0.25) is 0 Å². The Bertz CT molecular complexity index is 2120. The van der Waals surface area contributed by atoms with Crippen LogP contribution in [0.2, 0.25) is 0 Å². The lowest BCUT2D eigenvalue weighted by Gasteiger charge is -2.32. The van der Waals surface area contributed by atoms with E-state index < -0.39 is 0 Å². The van der Waals surface area contributed by atoms with Crippen molar-refractivity contribution in [3.8, 4) is 56.4 Å². The van der Waals surface area contributed by atoms with Crippen LogP contribution in [-0.2, 0) is 21.7 Å². The molecule has 6 aromatic rings. The van der Waals surface area contributed by atoms with Crippen molar-refractivity contribution >= 4 is 18.1 Å². The minimum atomic E-state index is -0.273. The van der Waals surface area contributed by atoms with Gasteiger partial charge in [-0.25, -0.2) is 0 Å². The summed E-state index contributed by atoms with van der Waals surface area (Å²) in [6.45, 7) is 27.1. The van der Waals surface area contributed by atoms with Gasteiger partial charge in [-0.2, -0.15) is 0 Å². The second kappa shape index (κ2) is 17.3. The van der Waals surface area contributed by atoms with Crippen LogP contribution in [0.3, 0.4) is 0 Å². The third-order valence-corrected chi connectivity index (χ3v) is 11.6. The molecule has 6 aromatic carbocycles. The summed E-state index contributed by atoms with van der Waals surface area (Å²) < 4.78 is 26.5. The van der Waals surface area contributed by atoms with Gasteiger partial charge in [0.1, 0.15) is 23.0 Å². The second-order valence-electron chi connectivity index (χ2n) is 19.2. The third kappa shape index (κ3) is 10.5. The highest BCUT2D eigenvalue weighted by Crippen LogP contribution is 2.51. The average Bonchev–Trinajstić information content (AvgIpc) is 3.17. The molecular weight excluding hydrogens is 751 g/mol. The molecule has 302 valence electrons. The normalized spacial score (nSPS) is 12.7. The van der Waals surface area contributed by atoms with Crippen LogP contribution in [0.4, 0.5) is 0 Å². The van der Waals surface area contributed by atoms with Crippen LogP contribution in [-0.4, -0.2) is 0 Å². The molecule has 0 saturated carbocycles. The molecule has 0 aromatic heterocycles. The number of benzene rings is 6. The molecule has 0 heterocycles. The van der Waals surface area contributed by atoms with Crippen molar-refractivity contribution in [3.05, 3.63) is 156 Å². The molecule has 0 aliphatic carbocycles. The maximum absolute atomic E-state index is 6.88. The van der Waals surface area contributed by atoms with Crippen LogP contribution in [0.15, 0.2) is 133 Å². The Hall–Kier alpha value is -4.62. The molecule has 6 rings (SSSR count). The first-order chi connectivity index (χ1) is 27.3. The largest absolute Gasteiger partial charge is 0.441 e. The van der Waals surface area contributed by atoms with Gasteiger partial charge in [0.15, 0.2) is 0 Å². The molecule has 0 bridgehead atoms. The minimum Gasteiger partial charge on any atom is -0.441 e. The SMILES string of the molecule is CC(C)(C)c1cc(-c2cc(C(C)(C)C)cc(C(C)(C)C)c2OPOc2ccc(-c3ccccc3)cc2)c(OPOc2ccc(-c3ccccc3)cc2)c(C(C)(C)C)c1. The number of hydrogen-bond donors (Lipinski definition) is 0. The van der Waals surface area contributed by atoms with E-state index in [-0.39, 0.29) is 39.7 Å². The molecule has 2 unspecified atom stereocenters. The van der Waals surface area contributed by atoms with Crippen LogP contribution in [0.1, 0.15) is 105 Å². The quantitative estimate of drug-likeness (QED) is 0.122. The topological polar surface area (TPSA) is 36.9 Å². The summed E-state index contributed by atoms with van der Waals surface area (Å²) in [5, 5.41) is 0. The van der Waals surface area contributed by atoms with Gasteiger partial charge in [-0.1, -0.05) is 180 Å². The Morgan fingerprint density at radius 2 is 0.638 bits per heavy atom. The van der Waals surface area contributed by atoms with Gasteiger partial charge in [0.2, 0.25) is 0 Å². The van der Waals surface area contributed by atoms with Crippen LogP contribution < -0.4 is 18.1 Å². The zero-order chi connectivity index (χ0) is 41.9. The molecule has 0 aliphatic heterocycles. The van der Waals surface area contributed by atoms with Crippen LogP contribution in [0, 0.1) is 0 Å². The maximum Gasteiger partial charge on any atom is 0.275 e. The summed E-state index contributed by atoms with van der Waals surface area (Å²) in [6.07, 6.45) is 0. The smallest absolute Gasteiger partial charge is 0.275 e. The first kappa shape index (κ1) is 43.0. The summed E-state index contributed by atoms with van der Waals surface area (Å²) in [4.78, 5) is 0. The van der Waals surface area contributed by atoms with Gasteiger partial charge >= 0.3 is 0 Å². The fourth-order valence-electron chi connectivity index (χ4n) is 6.77. The molecule has 4 nitrogen and oxygen atoms in total. The van der Waals surface area contributed by atoms with Gasteiger partial charge in [-0.15, -0.1) is 0 Å². The van der Waals surface area contributed by atoms with E-state index >= 15 is 0 Å². The predicted octanol–water partition coefficient (Wildman–Crippen LogP) is 15.8. The molecule has 0 radical (unpaired) electrons. The summed E-state index contributed by atoms with van der Waals surface area (Å²) in [5.74, 6) is 3.12. The zero-order valence-corrected chi connectivity index (χ0v) is 38.3. The van der Waals surface area contributed by atoms with Crippen molar-refractivity contribution < 1.29 is 18.1 Å². The van der Waals surface area contributed by atoms with E-state index in [0.717, 1.165) is 56.4 Å². The van der Waals surface area contributed by atoms with Crippen LogP contribution >= 0.6 is 18.1 Å². The minimum absolute atomic E-state index is 0.126. The highest BCUT2D eigenvalue weighted by molar-refractivity contribution is 7.27. The number of rotatable bonds is 11. The van der Waals surface area contributed by atoms with Crippen molar-refractivity contribution in [3.63, 3.8) is 0 Å². The first-order valence-electron chi connectivity index (χ1n) is 20.2. The van der Waals surface area contributed by atoms with Crippen molar-refractivity contribution in [2.75, 3.05) is 0 Å². The second-order valence-corrected chi connectivity index (χ2v) is 20.3. The standard InChI is InChI=1S/C52H60O4P2/c1-49(2,3)39-31-43(47(45(33-39)51(7,8)9)55-57-53-41-27-23-37(24-28-41)35-19-15-13-16-20-35)44-32-40(50(4,5)6)34-46(52(10,11)12)48(44)56-58-54-42-29-25-38(26-30-42)36-21-17-14-18-22-36/h13-34,57-58H,1-12H3. The lowest BCUT2D eigenvalue weighted by molar-refractivity contribution is 0.485. The predicted molar refractivity (Wildman–Crippen MR) is 250 cm³/mol. The summed E-state index contributed by atoms with van der Waals surface area (Å²) in [6, 6.07) is 46.4. The Kier molecular flexibility index (Phi) is 12.8. The van der Waals surface area contributed by atoms with Crippen LogP contribution in [0.5, 0.6) is 23.0 Å². The average molecular weight is 811 g/mol. The van der Waals surface area contributed by atoms with Crippen molar-refractivity contribution in [1.29, 1.82) is 0 Å². The number of hydrogen-bond acceptors (Lipinski definition) is 4. The van der Waals surface area contributed by atoms with Crippen LogP contribution in [0.25, 0.3) is 33.4 Å². The van der Waals surface area contributed by atoms with E-state index in [0.29, 0.717) is 0 Å². The van der Waals surface area contributed by atoms with Crippen molar-refractivity contribution in [2.45, 2.75) is 105 Å². The van der Waals surface area contributed by atoms with E-state index in [1.807, 2.05) is 36.4 Å². The molecular formula is C52H60O4P2. The van der Waals surface area contributed by atoms with Gasteiger partial charge in [0, 0.05) is 22.3 Å². The summed E-state index contributed by atoms with van der Waals surface area (Å²) in [5.41, 5.74) is 10.5. The lowest BCUT2D eigenvalue weighted by Crippen LogP contribution is -2.19. The zero-order valence-electron chi connectivity index (χ0n) is 36.3. The van der Waals surface area contributed by atoms with E-state index in [4.69, 9.17) is 18.1 Å². The van der Waals surface area contributed by atoms with E-state index in [1.165, 1.54) is 22.3 Å². The highest BCUT2D eigenvalue weighted by atomic mass is 31.1. The molecule has 0 aliphatic rings. The molecule has 0 spiro atoms. The molecule has 0 amide bonds. The molecule has 6 heteroatoms. The molecule has 0 saturated heterocycles. The maximum atomic E-state index is 6.88. The lowest BCUT2D eigenvalue weighted by atomic mass is 9.75. The van der Waals surface area contributed by atoms with Crippen molar-refractivity contribution in [2.24, 2.45) is 0 Å². The van der Waals surface area contributed by atoms with E-state index in [1.54, 1.807) is 0 Å². The first-order valence-corrected chi connectivity index (χ1v) is 21.8. The Balaban J connectivity index is 1.43. The van der Waals surface area contributed by atoms with Crippen molar-refractivity contribution in [1.82, 2.24) is 0 Å². The highest BCUT2D eigenvalue weighted by Gasteiger charge is 2.32. The van der Waals surface area contributed by atoms with Gasteiger partial charge in [0.25, 0.3) is 18.1 Å². The van der Waals surface area contributed by atoms with Gasteiger partial charge in [0.05, 0.1) is 0 Å². The van der Waals surface area contributed by atoms with E-state index in [9.17, 15) is 0 Å². The summed E-state index contributed by atoms with van der Waals surface area (Å²) in [7, 11) is -0.547. The molecule has 58 heavy (non-hydrogen) atoms. The van der Waals surface area contributed by atoms with E-state index in [2.05, 4.69) is 180 Å². The Morgan fingerprint density at radius 3 is 0.931 bits per heavy atom. The third-order valence-electron chi connectivity index (χ3n) is 10.3. The Morgan fingerprint density at radius 1 is 0.328 bits per heavy atom. The molecule has 0 N–H and O–H groups in total. The van der Waals surface area contributed by atoms with Gasteiger partial charge in [-0.05, 0) is 91.4 Å². The fourth-order valence-corrected chi connectivity index (χ4v) is 7.93. The fraction of sp³-hybridized carbons (Fsp3) is 0.308. The molecule has 0 fully saturated rings. The molecule has 2 atom stereocenters. The summed E-state index contributed by atoms with van der Waals surface area (Å²) >= 11 is 0. The Labute approximate surface area is 351 Å².